The van der Waals surface area contributed by atoms with Gasteiger partial charge in [-0.05, 0) is 90.6 Å². The van der Waals surface area contributed by atoms with Crippen LogP contribution in [0.1, 0.15) is 35.1 Å². The fourth-order valence-electron chi connectivity index (χ4n) is 6.04. The standard InChI is InChI=1S/C32H37NO6/c1-20-29(37-3)14-24(15-30(20)38-4)28-10-9-26(33-32(31(34)35)16-21(17-32)18-36-2)11-25(28)19-39-27-12-22-7-5-6-8-23(22)13-27/h5-11,14-15,21,27,33H,12-13,16-19H2,1-4H3,(H,34,35). The predicted octanol–water partition coefficient (Wildman–Crippen LogP) is 5.65. The molecular formula is C32H37NO6. The maximum absolute atomic E-state index is 12.3. The normalized spacial score (nSPS) is 20.3. The number of aliphatic carboxylic acids is 1. The SMILES string of the molecule is COCC1CC(Nc2ccc(-c3cc(OC)c(C)c(OC)c3)c(COC3Cc4ccccc4C3)c2)(C(=O)O)C1. The summed E-state index contributed by atoms with van der Waals surface area (Å²) in [5.41, 5.74) is 6.28. The summed E-state index contributed by atoms with van der Waals surface area (Å²) in [5.74, 6) is 0.881. The number of hydrogen-bond donors (Lipinski definition) is 2. The van der Waals surface area contributed by atoms with Crippen LogP contribution in [0.4, 0.5) is 5.69 Å². The van der Waals surface area contributed by atoms with E-state index in [4.69, 9.17) is 18.9 Å². The quantitative estimate of drug-likeness (QED) is 0.330. The van der Waals surface area contributed by atoms with Crippen LogP contribution in [0.15, 0.2) is 54.6 Å². The number of rotatable bonds is 11. The summed E-state index contributed by atoms with van der Waals surface area (Å²) < 4.78 is 23.0. The second kappa shape index (κ2) is 11.3. The highest BCUT2D eigenvalue weighted by atomic mass is 16.5. The van der Waals surface area contributed by atoms with Crippen molar-refractivity contribution >= 4 is 11.7 Å². The number of fused-ring (bicyclic) bond motifs is 1. The van der Waals surface area contributed by atoms with Gasteiger partial charge in [-0.15, -0.1) is 0 Å². The van der Waals surface area contributed by atoms with E-state index in [9.17, 15) is 9.90 Å². The minimum absolute atomic E-state index is 0.0979. The third-order valence-electron chi connectivity index (χ3n) is 8.13. The Bertz CT molecular complexity index is 1300. The molecule has 0 bridgehead atoms. The van der Waals surface area contributed by atoms with Crippen LogP contribution in [-0.2, 0) is 33.7 Å². The largest absolute Gasteiger partial charge is 0.496 e. The van der Waals surface area contributed by atoms with Crippen LogP contribution < -0.4 is 14.8 Å². The minimum atomic E-state index is -0.994. The van der Waals surface area contributed by atoms with E-state index in [1.807, 2.05) is 37.3 Å². The van der Waals surface area contributed by atoms with Crippen molar-refractivity contribution in [2.45, 2.75) is 50.9 Å². The molecule has 2 aliphatic rings. The Morgan fingerprint density at radius 1 is 0.974 bits per heavy atom. The zero-order chi connectivity index (χ0) is 27.6. The Labute approximate surface area is 230 Å². The number of carboxylic acids is 1. The number of carboxylic acid groups (broad SMARTS) is 1. The number of carbonyl (C=O) groups is 1. The Morgan fingerprint density at radius 2 is 1.62 bits per heavy atom. The molecular weight excluding hydrogens is 494 g/mol. The molecule has 0 spiro atoms. The summed E-state index contributed by atoms with van der Waals surface area (Å²) in [6.45, 7) is 2.93. The van der Waals surface area contributed by atoms with E-state index >= 15 is 0 Å². The summed E-state index contributed by atoms with van der Waals surface area (Å²) in [6, 6.07) is 18.5. The fraction of sp³-hybridized carbons (Fsp3) is 0.406. The molecule has 206 valence electrons. The van der Waals surface area contributed by atoms with E-state index < -0.39 is 11.5 Å². The highest BCUT2D eigenvalue weighted by Crippen LogP contribution is 2.42. The molecule has 2 N–H and O–H groups in total. The summed E-state index contributed by atoms with van der Waals surface area (Å²) in [6.07, 6.45) is 2.92. The first kappa shape index (κ1) is 27.0. The first-order valence-electron chi connectivity index (χ1n) is 13.4. The summed E-state index contributed by atoms with van der Waals surface area (Å²) >= 11 is 0. The average Bonchev–Trinajstić information content (AvgIpc) is 3.34. The van der Waals surface area contributed by atoms with E-state index in [1.54, 1.807) is 21.3 Å². The molecule has 3 aromatic rings. The molecule has 0 amide bonds. The van der Waals surface area contributed by atoms with Gasteiger partial charge in [0.2, 0.25) is 0 Å². The average molecular weight is 532 g/mol. The zero-order valence-corrected chi connectivity index (χ0v) is 23.1. The third-order valence-corrected chi connectivity index (χ3v) is 8.13. The molecule has 5 rings (SSSR count). The molecule has 39 heavy (non-hydrogen) atoms. The van der Waals surface area contributed by atoms with Gasteiger partial charge in [0.15, 0.2) is 0 Å². The summed E-state index contributed by atoms with van der Waals surface area (Å²) in [7, 11) is 4.96. The highest BCUT2D eigenvalue weighted by molar-refractivity contribution is 5.85. The van der Waals surface area contributed by atoms with Crippen molar-refractivity contribution in [1.82, 2.24) is 0 Å². The van der Waals surface area contributed by atoms with Crippen LogP contribution in [-0.4, -0.2) is 50.7 Å². The zero-order valence-electron chi connectivity index (χ0n) is 23.1. The Balaban J connectivity index is 1.45. The van der Waals surface area contributed by atoms with E-state index in [-0.39, 0.29) is 12.0 Å². The van der Waals surface area contributed by atoms with Gasteiger partial charge >= 0.3 is 5.97 Å². The number of benzene rings is 3. The molecule has 0 aliphatic heterocycles. The molecule has 3 aromatic carbocycles. The van der Waals surface area contributed by atoms with Crippen molar-refractivity contribution in [3.63, 3.8) is 0 Å². The lowest BCUT2D eigenvalue weighted by molar-refractivity contribution is -0.148. The first-order valence-corrected chi connectivity index (χ1v) is 13.4. The molecule has 2 aliphatic carbocycles. The van der Waals surface area contributed by atoms with Crippen LogP contribution in [0.25, 0.3) is 11.1 Å². The summed E-state index contributed by atoms with van der Waals surface area (Å²) in [4.78, 5) is 12.3. The molecule has 0 radical (unpaired) electrons. The van der Waals surface area contributed by atoms with Gasteiger partial charge in [0.05, 0.1) is 26.9 Å². The van der Waals surface area contributed by atoms with Crippen molar-refractivity contribution in [1.29, 1.82) is 0 Å². The van der Waals surface area contributed by atoms with Gasteiger partial charge in [-0.2, -0.15) is 0 Å². The topological polar surface area (TPSA) is 86.3 Å². The maximum atomic E-state index is 12.3. The number of hydrogen-bond acceptors (Lipinski definition) is 6. The van der Waals surface area contributed by atoms with Gasteiger partial charge in [-0.1, -0.05) is 30.3 Å². The van der Waals surface area contributed by atoms with Crippen LogP contribution in [0, 0.1) is 12.8 Å². The van der Waals surface area contributed by atoms with Crippen molar-refractivity contribution < 1.29 is 28.8 Å². The second-order valence-electron chi connectivity index (χ2n) is 10.7. The van der Waals surface area contributed by atoms with Crippen LogP contribution in [0.2, 0.25) is 0 Å². The third kappa shape index (κ3) is 5.47. The van der Waals surface area contributed by atoms with Gasteiger partial charge in [0.25, 0.3) is 0 Å². The van der Waals surface area contributed by atoms with Gasteiger partial charge < -0.3 is 29.4 Å². The van der Waals surface area contributed by atoms with Crippen molar-refractivity contribution in [3.05, 3.63) is 76.9 Å². The Hall–Kier alpha value is -3.55. The monoisotopic (exact) mass is 531 g/mol. The van der Waals surface area contributed by atoms with Crippen LogP contribution in [0.5, 0.6) is 11.5 Å². The lowest BCUT2D eigenvalue weighted by Gasteiger charge is -2.45. The number of methoxy groups -OCH3 is 3. The van der Waals surface area contributed by atoms with Crippen LogP contribution in [0.3, 0.4) is 0 Å². The van der Waals surface area contributed by atoms with E-state index in [1.165, 1.54) is 11.1 Å². The van der Waals surface area contributed by atoms with Crippen molar-refractivity contribution in [2.75, 3.05) is 33.3 Å². The lowest BCUT2D eigenvalue weighted by atomic mass is 9.68. The number of nitrogens with one attached hydrogen (secondary N) is 1. The van der Waals surface area contributed by atoms with Gasteiger partial charge in [-0.25, -0.2) is 4.79 Å². The Kier molecular flexibility index (Phi) is 7.82. The molecule has 0 unspecified atom stereocenters. The minimum Gasteiger partial charge on any atom is -0.496 e. The molecule has 7 nitrogen and oxygen atoms in total. The van der Waals surface area contributed by atoms with Gasteiger partial charge in [0, 0.05) is 25.0 Å². The number of anilines is 1. The molecule has 0 saturated heterocycles. The first-order chi connectivity index (χ1) is 18.9. The lowest BCUT2D eigenvalue weighted by Crippen LogP contribution is -2.57. The van der Waals surface area contributed by atoms with Gasteiger partial charge in [0.1, 0.15) is 17.0 Å². The Morgan fingerprint density at radius 3 is 2.18 bits per heavy atom. The van der Waals surface area contributed by atoms with Crippen molar-refractivity contribution in [2.24, 2.45) is 5.92 Å². The summed E-state index contributed by atoms with van der Waals surface area (Å²) in [5, 5.41) is 13.4. The molecule has 0 aromatic heterocycles. The fourth-order valence-corrected chi connectivity index (χ4v) is 6.04. The second-order valence-corrected chi connectivity index (χ2v) is 10.7. The van der Waals surface area contributed by atoms with Crippen molar-refractivity contribution in [3.8, 4) is 22.6 Å². The molecule has 1 fully saturated rings. The van der Waals surface area contributed by atoms with Gasteiger partial charge in [-0.3, -0.25) is 0 Å². The van der Waals surface area contributed by atoms with Crippen LogP contribution >= 0.6 is 0 Å². The van der Waals surface area contributed by atoms with E-state index in [2.05, 4.69) is 29.6 Å². The molecule has 7 heteroatoms. The molecule has 1 saturated carbocycles. The highest BCUT2D eigenvalue weighted by Gasteiger charge is 2.50. The predicted molar refractivity (Wildman–Crippen MR) is 151 cm³/mol. The maximum Gasteiger partial charge on any atom is 0.329 e. The number of ether oxygens (including phenoxy) is 4. The van der Waals surface area contributed by atoms with E-state index in [0.29, 0.717) is 26.1 Å². The van der Waals surface area contributed by atoms with E-state index in [0.717, 1.165) is 52.3 Å². The molecule has 0 atom stereocenters. The smallest absolute Gasteiger partial charge is 0.329 e. The molecule has 0 heterocycles.